The summed E-state index contributed by atoms with van der Waals surface area (Å²) in [6.07, 6.45) is 0.439. The van der Waals surface area contributed by atoms with Gasteiger partial charge < -0.3 is 10.4 Å². The minimum atomic E-state index is -0.978. The van der Waals surface area contributed by atoms with Crippen molar-refractivity contribution in [3.05, 3.63) is 29.8 Å². The molecule has 0 fully saturated rings. The van der Waals surface area contributed by atoms with Crippen LogP contribution in [0.1, 0.15) is 45.6 Å². The fourth-order valence-corrected chi connectivity index (χ4v) is 2.74. The summed E-state index contributed by atoms with van der Waals surface area (Å²) in [5.74, 6) is -0.297. The molecule has 0 radical (unpaired) electrons. The number of carboxylic acids is 1. The summed E-state index contributed by atoms with van der Waals surface area (Å²) in [5.41, 5.74) is 1.26. The van der Waals surface area contributed by atoms with Crippen molar-refractivity contribution < 1.29 is 14.7 Å². The van der Waals surface area contributed by atoms with Crippen LogP contribution in [-0.4, -0.2) is 28.8 Å². The summed E-state index contributed by atoms with van der Waals surface area (Å²) in [4.78, 5) is 24.0. The zero-order chi connectivity index (χ0) is 16.7. The van der Waals surface area contributed by atoms with E-state index in [0.29, 0.717) is 12.3 Å². The Morgan fingerprint density at radius 1 is 1.14 bits per heavy atom. The molecule has 1 atom stereocenters. The lowest BCUT2D eigenvalue weighted by Gasteiger charge is -2.16. The molecule has 0 aliphatic carbocycles. The van der Waals surface area contributed by atoms with Gasteiger partial charge in [0.1, 0.15) is 6.04 Å². The number of hydrogen-bond donors (Lipinski definition) is 2. The first-order chi connectivity index (χ1) is 10.3. The van der Waals surface area contributed by atoms with E-state index in [2.05, 4.69) is 31.3 Å². The average Bonchev–Trinajstić information content (AvgIpc) is 2.44. The third-order valence-electron chi connectivity index (χ3n) is 3.26. The fraction of sp³-hybridized carbons (Fsp3) is 0.529. The molecule has 5 heteroatoms. The number of carboxylic acid groups (broad SMARTS) is 1. The van der Waals surface area contributed by atoms with Crippen LogP contribution >= 0.6 is 11.8 Å². The highest BCUT2D eigenvalue weighted by Gasteiger charge is 2.20. The van der Waals surface area contributed by atoms with Gasteiger partial charge in [-0.2, -0.15) is 0 Å². The van der Waals surface area contributed by atoms with Crippen LogP contribution < -0.4 is 5.32 Å². The molecule has 22 heavy (non-hydrogen) atoms. The Morgan fingerprint density at radius 3 is 2.18 bits per heavy atom. The van der Waals surface area contributed by atoms with Crippen molar-refractivity contribution in [2.24, 2.45) is 5.92 Å². The highest BCUT2D eigenvalue weighted by atomic mass is 32.2. The van der Waals surface area contributed by atoms with Crippen LogP contribution in [0.5, 0.6) is 0 Å². The third kappa shape index (κ3) is 6.52. The predicted molar refractivity (Wildman–Crippen MR) is 90.3 cm³/mol. The molecule has 0 saturated carbocycles. The number of carbonyl (C=O) groups is 2. The van der Waals surface area contributed by atoms with Crippen LogP contribution in [-0.2, 0) is 9.59 Å². The van der Waals surface area contributed by atoms with Crippen molar-refractivity contribution >= 4 is 23.6 Å². The number of amides is 1. The maximum absolute atomic E-state index is 11.9. The molecule has 0 aliphatic heterocycles. The maximum atomic E-state index is 11.9. The van der Waals surface area contributed by atoms with Gasteiger partial charge in [-0.3, -0.25) is 4.79 Å². The van der Waals surface area contributed by atoms with Crippen LogP contribution in [0.2, 0.25) is 0 Å². The van der Waals surface area contributed by atoms with Gasteiger partial charge in [0, 0.05) is 4.90 Å². The summed E-state index contributed by atoms with van der Waals surface area (Å²) in [6.45, 7) is 8.15. The van der Waals surface area contributed by atoms with Gasteiger partial charge >= 0.3 is 5.97 Å². The Balaban J connectivity index is 2.49. The van der Waals surface area contributed by atoms with Crippen LogP contribution in [0.15, 0.2) is 29.2 Å². The van der Waals surface area contributed by atoms with E-state index in [9.17, 15) is 9.59 Å². The van der Waals surface area contributed by atoms with Gasteiger partial charge in [0.15, 0.2) is 0 Å². The van der Waals surface area contributed by atoms with E-state index in [1.807, 2.05) is 26.0 Å². The van der Waals surface area contributed by atoms with Crippen molar-refractivity contribution in [1.82, 2.24) is 5.32 Å². The molecular weight excluding hydrogens is 298 g/mol. The number of nitrogens with one attached hydrogen (secondary N) is 1. The van der Waals surface area contributed by atoms with E-state index in [1.54, 1.807) is 0 Å². The summed E-state index contributed by atoms with van der Waals surface area (Å²) in [7, 11) is 0. The molecule has 1 aromatic rings. The molecular formula is C17H25NO3S. The SMILES string of the molecule is CC(C)CC(NC(=O)CSc1ccc(C(C)C)cc1)C(=O)O. The van der Waals surface area contributed by atoms with Gasteiger partial charge in [-0.05, 0) is 36.0 Å². The van der Waals surface area contributed by atoms with Crippen molar-refractivity contribution in [3.8, 4) is 0 Å². The Hall–Kier alpha value is -1.49. The van der Waals surface area contributed by atoms with Gasteiger partial charge in [0.05, 0.1) is 5.75 Å². The van der Waals surface area contributed by atoms with Gasteiger partial charge in [-0.1, -0.05) is 39.8 Å². The molecule has 2 N–H and O–H groups in total. The van der Waals surface area contributed by atoms with Crippen LogP contribution in [0.4, 0.5) is 0 Å². The Morgan fingerprint density at radius 2 is 1.73 bits per heavy atom. The monoisotopic (exact) mass is 323 g/mol. The van der Waals surface area contributed by atoms with Crippen LogP contribution in [0, 0.1) is 5.92 Å². The first-order valence-corrected chi connectivity index (χ1v) is 8.53. The zero-order valence-electron chi connectivity index (χ0n) is 13.6. The summed E-state index contributed by atoms with van der Waals surface area (Å²) in [6, 6.07) is 7.30. The average molecular weight is 323 g/mol. The molecule has 0 heterocycles. The maximum Gasteiger partial charge on any atom is 0.326 e. The molecule has 0 bridgehead atoms. The standard InChI is InChI=1S/C17H25NO3S/c1-11(2)9-15(17(20)21)18-16(19)10-22-14-7-5-13(6-8-14)12(3)4/h5-8,11-12,15H,9-10H2,1-4H3,(H,18,19)(H,20,21). The van der Waals surface area contributed by atoms with Crippen molar-refractivity contribution in [1.29, 1.82) is 0 Å². The largest absolute Gasteiger partial charge is 0.480 e. The minimum Gasteiger partial charge on any atom is -0.480 e. The Kier molecular flexibility index (Phi) is 7.45. The molecule has 1 unspecified atom stereocenters. The van der Waals surface area contributed by atoms with Gasteiger partial charge in [0.25, 0.3) is 0 Å². The smallest absolute Gasteiger partial charge is 0.326 e. The first kappa shape index (κ1) is 18.6. The molecule has 0 spiro atoms. The molecule has 0 saturated heterocycles. The number of thioether (sulfide) groups is 1. The Labute approximate surface area is 136 Å². The number of aliphatic carboxylic acids is 1. The van der Waals surface area contributed by atoms with E-state index in [-0.39, 0.29) is 17.6 Å². The van der Waals surface area contributed by atoms with Gasteiger partial charge in [-0.15, -0.1) is 11.8 Å². The van der Waals surface area contributed by atoms with Crippen molar-refractivity contribution in [2.45, 2.75) is 51.0 Å². The van der Waals surface area contributed by atoms with Gasteiger partial charge in [-0.25, -0.2) is 4.79 Å². The topological polar surface area (TPSA) is 66.4 Å². The fourth-order valence-electron chi connectivity index (χ4n) is 2.03. The Bertz CT molecular complexity index is 497. The second kappa shape index (κ2) is 8.83. The predicted octanol–water partition coefficient (Wildman–Crippen LogP) is 3.52. The van der Waals surface area contributed by atoms with E-state index in [0.717, 1.165) is 4.90 Å². The molecule has 0 aromatic heterocycles. The normalized spacial score (nSPS) is 12.5. The highest BCUT2D eigenvalue weighted by Crippen LogP contribution is 2.21. The van der Waals surface area contributed by atoms with E-state index in [4.69, 9.17) is 5.11 Å². The van der Waals surface area contributed by atoms with Crippen LogP contribution in [0.25, 0.3) is 0 Å². The molecule has 0 aliphatic rings. The first-order valence-electron chi connectivity index (χ1n) is 7.54. The number of benzene rings is 1. The van der Waals surface area contributed by atoms with Crippen molar-refractivity contribution in [3.63, 3.8) is 0 Å². The number of rotatable bonds is 8. The number of hydrogen-bond acceptors (Lipinski definition) is 3. The summed E-state index contributed by atoms with van der Waals surface area (Å²) < 4.78 is 0. The second-order valence-corrected chi connectivity index (χ2v) is 7.15. The summed E-state index contributed by atoms with van der Waals surface area (Å²) in [5, 5.41) is 11.7. The summed E-state index contributed by atoms with van der Waals surface area (Å²) >= 11 is 1.42. The molecule has 1 rings (SSSR count). The van der Waals surface area contributed by atoms with E-state index >= 15 is 0 Å². The highest BCUT2D eigenvalue weighted by molar-refractivity contribution is 8.00. The van der Waals surface area contributed by atoms with E-state index < -0.39 is 12.0 Å². The van der Waals surface area contributed by atoms with Gasteiger partial charge in [0.2, 0.25) is 5.91 Å². The molecule has 1 amide bonds. The molecule has 1 aromatic carbocycles. The third-order valence-corrected chi connectivity index (χ3v) is 4.27. The van der Waals surface area contributed by atoms with Crippen LogP contribution in [0.3, 0.4) is 0 Å². The second-order valence-electron chi connectivity index (χ2n) is 6.10. The zero-order valence-corrected chi connectivity index (χ0v) is 14.4. The molecule has 122 valence electrons. The minimum absolute atomic E-state index is 0.220. The lowest BCUT2D eigenvalue weighted by molar-refractivity contribution is -0.141. The number of carbonyl (C=O) groups excluding carboxylic acids is 1. The lowest BCUT2D eigenvalue weighted by atomic mass is 10.0. The lowest BCUT2D eigenvalue weighted by Crippen LogP contribution is -2.42. The quantitative estimate of drug-likeness (QED) is 0.718. The van der Waals surface area contributed by atoms with Crippen molar-refractivity contribution in [2.75, 3.05) is 5.75 Å². The van der Waals surface area contributed by atoms with E-state index in [1.165, 1.54) is 17.3 Å². The molecule has 4 nitrogen and oxygen atoms in total.